The number of aryl methyl sites for hydroxylation is 1. The topological polar surface area (TPSA) is 106 Å². The van der Waals surface area contributed by atoms with Gasteiger partial charge in [0.15, 0.2) is 11.5 Å². The van der Waals surface area contributed by atoms with Gasteiger partial charge in [0, 0.05) is 6.42 Å². The number of amides is 2. The lowest BCUT2D eigenvalue weighted by atomic mass is 10.1. The third-order valence-corrected chi connectivity index (χ3v) is 6.53. The highest BCUT2D eigenvalue weighted by Crippen LogP contribution is 2.28. The second kappa shape index (κ2) is 19.4. The maximum Gasteiger partial charge on any atom is 0.343 e. The summed E-state index contributed by atoms with van der Waals surface area (Å²) in [7, 11) is 1.47. The van der Waals surface area contributed by atoms with Gasteiger partial charge in [0.2, 0.25) is 5.91 Å². The molecule has 2 rings (SSSR count). The van der Waals surface area contributed by atoms with Gasteiger partial charge in [0.05, 0.1) is 25.4 Å². The Balaban J connectivity index is 1.62. The molecule has 0 fully saturated rings. The van der Waals surface area contributed by atoms with Crippen LogP contribution in [0.3, 0.4) is 0 Å². The molecule has 0 aromatic heterocycles. The molecule has 0 heterocycles. The Morgan fingerprint density at radius 1 is 0.800 bits per heavy atom. The standard InChI is InChI=1S/C32H45N3O5/c1-4-5-6-7-8-9-10-11-12-13-14-15-30(36)33-24-31(37)35-34-23-26-18-21-28(29(22-26)39-3)40-32(38)27-19-16-25(2)17-20-27/h16-23H,4-15,24H2,1-3H3,(H,33,36)(H,35,37)/b34-23-. The molecular weight excluding hydrogens is 506 g/mol. The van der Waals surface area contributed by atoms with Gasteiger partial charge >= 0.3 is 5.97 Å². The summed E-state index contributed by atoms with van der Waals surface area (Å²) in [6.07, 6.45) is 15.4. The number of hydrogen-bond acceptors (Lipinski definition) is 6. The Morgan fingerprint density at radius 2 is 1.43 bits per heavy atom. The first-order chi connectivity index (χ1) is 19.4. The van der Waals surface area contributed by atoms with Crippen LogP contribution in [0.4, 0.5) is 0 Å². The molecule has 8 heteroatoms. The minimum absolute atomic E-state index is 0.129. The monoisotopic (exact) mass is 551 g/mol. The number of nitrogens with zero attached hydrogens (tertiary/aromatic N) is 1. The summed E-state index contributed by atoms with van der Waals surface area (Å²) in [6.45, 7) is 4.05. The molecule has 2 N–H and O–H groups in total. The van der Waals surface area contributed by atoms with Crippen molar-refractivity contribution in [3.8, 4) is 11.5 Å². The van der Waals surface area contributed by atoms with E-state index in [2.05, 4.69) is 22.8 Å². The summed E-state index contributed by atoms with van der Waals surface area (Å²) in [5, 5.41) is 6.57. The number of unbranched alkanes of at least 4 members (excludes halogenated alkanes) is 10. The highest BCUT2D eigenvalue weighted by atomic mass is 16.6. The maximum atomic E-state index is 12.4. The Bertz CT molecular complexity index is 1080. The van der Waals surface area contributed by atoms with Crippen molar-refractivity contribution in [2.75, 3.05) is 13.7 Å². The average molecular weight is 552 g/mol. The van der Waals surface area contributed by atoms with E-state index in [9.17, 15) is 14.4 Å². The quantitative estimate of drug-likeness (QED) is 0.0682. The Labute approximate surface area is 238 Å². The van der Waals surface area contributed by atoms with Crippen molar-refractivity contribution >= 4 is 24.0 Å². The normalized spacial score (nSPS) is 10.9. The van der Waals surface area contributed by atoms with Crippen LogP contribution >= 0.6 is 0 Å². The Kier molecular flexibility index (Phi) is 15.8. The molecule has 2 aromatic rings. The molecule has 0 unspecified atom stereocenters. The van der Waals surface area contributed by atoms with Gasteiger partial charge in [0.25, 0.3) is 5.91 Å². The molecule has 0 saturated heterocycles. The van der Waals surface area contributed by atoms with Gasteiger partial charge in [-0.2, -0.15) is 5.10 Å². The molecule has 0 bridgehead atoms. The molecule has 0 atom stereocenters. The number of hydrogen-bond donors (Lipinski definition) is 2. The predicted molar refractivity (Wildman–Crippen MR) is 159 cm³/mol. The van der Waals surface area contributed by atoms with Crippen LogP contribution in [0.25, 0.3) is 0 Å². The van der Waals surface area contributed by atoms with E-state index in [-0.39, 0.29) is 18.2 Å². The number of carbonyl (C=O) groups excluding carboxylic acids is 3. The molecule has 0 aliphatic heterocycles. The minimum Gasteiger partial charge on any atom is -0.493 e. The van der Waals surface area contributed by atoms with Crippen molar-refractivity contribution in [3.05, 3.63) is 59.2 Å². The summed E-state index contributed by atoms with van der Waals surface area (Å²) < 4.78 is 10.8. The number of esters is 1. The van der Waals surface area contributed by atoms with Gasteiger partial charge in [-0.25, -0.2) is 10.2 Å². The van der Waals surface area contributed by atoms with Crippen molar-refractivity contribution in [1.29, 1.82) is 0 Å². The number of rotatable bonds is 19. The summed E-state index contributed by atoms with van der Waals surface area (Å²) in [5.74, 6) is -0.410. The molecule has 0 radical (unpaired) electrons. The minimum atomic E-state index is -0.488. The van der Waals surface area contributed by atoms with E-state index in [1.807, 2.05) is 19.1 Å². The summed E-state index contributed by atoms with van der Waals surface area (Å²) in [4.78, 5) is 36.4. The number of hydrazone groups is 1. The van der Waals surface area contributed by atoms with Crippen molar-refractivity contribution in [2.24, 2.45) is 5.10 Å². The predicted octanol–water partition coefficient (Wildman–Crippen LogP) is 6.49. The first kappa shape index (κ1) is 32.5. The third-order valence-electron chi connectivity index (χ3n) is 6.53. The number of carbonyl (C=O) groups is 3. The molecule has 218 valence electrons. The zero-order valence-corrected chi connectivity index (χ0v) is 24.3. The van der Waals surface area contributed by atoms with Gasteiger partial charge in [-0.05, 0) is 49.2 Å². The molecule has 2 amide bonds. The molecule has 0 saturated carbocycles. The molecule has 0 aliphatic carbocycles. The van der Waals surface area contributed by atoms with E-state index in [0.29, 0.717) is 23.3 Å². The number of benzene rings is 2. The van der Waals surface area contributed by atoms with E-state index in [1.54, 1.807) is 30.3 Å². The molecule has 0 aliphatic rings. The summed E-state index contributed by atoms with van der Waals surface area (Å²) >= 11 is 0. The average Bonchev–Trinajstić information content (AvgIpc) is 2.95. The van der Waals surface area contributed by atoms with E-state index in [1.165, 1.54) is 64.7 Å². The van der Waals surface area contributed by atoms with Crippen LogP contribution in [0.5, 0.6) is 11.5 Å². The third kappa shape index (κ3) is 13.4. The first-order valence-corrected chi connectivity index (χ1v) is 14.5. The SMILES string of the molecule is CCCCCCCCCCCCCC(=O)NCC(=O)N/N=C\c1ccc(OC(=O)c2ccc(C)cc2)c(OC)c1. The zero-order chi connectivity index (χ0) is 29.0. The fourth-order valence-electron chi connectivity index (χ4n) is 4.13. The highest BCUT2D eigenvalue weighted by Gasteiger charge is 2.13. The van der Waals surface area contributed by atoms with Crippen molar-refractivity contribution in [3.63, 3.8) is 0 Å². The van der Waals surface area contributed by atoms with Crippen molar-refractivity contribution < 1.29 is 23.9 Å². The van der Waals surface area contributed by atoms with Gasteiger partial charge in [-0.15, -0.1) is 0 Å². The van der Waals surface area contributed by atoms with Crippen LogP contribution in [-0.4, -0.2) is 37.7 Å². The van der Waals surface area contributed by atoms with Crippen LogP contribution < -0.4 is 20.2 Å². The van der Waals surface area contributed by atoms with Crippen LogP contribution in [-0.2, 0) is 9.59 Å². The van der Waals surface area contributed by atoms with E-state index in [4.69, 9.17) is 9.47 Å². The van der Waals surface area contributed by atoms with Crippen molar-refractivity contribution in [2.45, 2.75) is 90.9 Å². The van der Waals surface area contributed by atoms with Crippen LogP contribution in [0.2, 0.25) is 0 Å². The lowest BCUT2D eigenvalue weighted by Gasteiger charge is -2.10. The van der Waals surface area contributed by atoms with Crippen LogP contribution in [0.15, 0.2) is 47.6 Å². The maximum absolute atomic E-state index is 12.4. The smallest absolute Gasteiger partial charge is 0.343 e. The van der Waals surface area contributed by atoms with Crippen LogP contribution in [0.1, 0.15) is 105 Å². The van der Waals surface area contributed by atoms with Crippen molar-refractivity contribution in [1.82, 2.24) is 10.7 Å². The van der Waals surface area contributed by atoms with E-state index >= 15 is 0 Å². The van der Waals surface area contributed by atoms with Gasteiger partial charge in [-0.3, -0.25) is 9.59 Å². The Hall–Kier alpha value is -3.68. The number of ether oxygens (including phenoxy) is 2. The lowest BCUT2D eigenvalue weighted by molar-refractivity contribution is -0.126. The second-order valence-corrected chi connectivity index (χ2v) is 10.0. The Morgan fingerprint density at radius 3 is 2.05 bits per heavy atom. The summed E-state index contributed by atoms with van der Waals surface area (Å²) in [5.41, 5.74) is 4.52. The van der Waals surface area contributed by atoms with Crippen LogP contribution in [0, 0.1) is 6.92 Å². The fourth-order valence-corrected chi connectivity index (χ4v) is 4.13. The molecular formula is C32H45N3O5. The first-order valence-electron chi connectivity index (χ1n) is 14.5. The van der Waals surface area contributed by atoms with E-state index < -0.39 is 11.9 Å². The van der Waals surface area contributed by atoms with Gasteiger partial charge in [0.1, 0.15) is 0 Å². The van der Waals surface area contributed by atoms with E-state index in [0.717, 1.165) is 24.8 Å². The highest BCUT2D eigenvalue weighted by molar-refractivity contribution is 5.92. The largest absolute Gasteiger partial charge is 0.493 e. The number of methoxy groups -OCH3 is 1. The summed E-state index contributed by atoms with van der Waals surface area (Å²) in [6, 6.07) is 12.0. The molecule has 40 heavy (non-hydrogen) atoms. The molecule has 2 aromatic carbocycles. The molecule has 0 spiro atoms. The second-order valence-electron chi connectivity index (χ2n) is 10.0. The van der Waals surface area contributed by atoms with Gasteiger partial charge in [-0.1, -0.05) is 88.8 Å². The zero-order valence-electron chi connectivity index (χ0n) is 24.3. The number of nitrogens with one attached hydrogen (secondary N) is 2. The fraction of sp³-hybridized carbons (Fsp3) is 0.500. The molecule has 8 nitrogen and oxygen atoms in total. The lowest BCUT2D eigenvalue weighted by Crippen LogP contribution is -2.34. The van der Waals surface area contributed by atoms with Gasteiger partial charge < -0.3 is 14.8 Å².